The molecule has 1 rings (SSSR count). The van der Waals surface area contributed by atoms with E-state index in [1.165, 1.54) is 0 Å². The number of hydrogen-bond donors (Lipinski definition) is 3. The van der Waals surface area contributed by atoms with Crippen LogP contribution in [0.2, 0.25) is 0 Å². The molecule has 1 aromatic rings. The van der Waals surface area contributed by atoms with Gasteiger partial charge in [0.25, 0.3) is 5.91 Å². The molecule has 0 heterocycles. The number of halogens is 2. The fourth-order valence-corrected chi connectivity index (χ4v) is 1.99. The maximum absolute atomic E-state index is 13.0. The van der Waals surface area contributed by atoms with E-state index < -0.39 is 29.0 Å². The van der Waals surface area contributed by atoms with Crippen molar-refractivity contribution < 1.29 is 23.5 Å². The second-order valence-electron chi connectivity index (χ2n) is 6.55. The third-order valence-electron chi connectivity index (χ3n) is 3.46. The molecular weight excluding hydrogens is 318 g/mol. The molecule has 0 saturated carbocycles. The smallest absolute Gasteiger partial charge is 0.251 e. The first-order valence-electron chi connectivity index (χ1n) is 7.82. The van der Waals surface area contributed by atoms with Crippen molar-refractivity contribution in [3.05, 3.63) is 35.4 Å². The molecule has 3 N–H and O–H groups in total. The van der Waals surface area contributed by atoms with Crippen LogP contribution >= 0.6 is 0 Å². The summed E-state index contributed by atoms with van der Waals surface area (Å²) in [5.41, 5.74) is -1.24. The SMILES string of the molecule is CC(C)CCC(C)(O)CNC(=O)CNC(=O)c1cc(F)cc(F)c1. The molecule has 1 aromatic carbocycles. The molecule has 134 valence electrons. The molecular formula is C17H24F2N2O3. The van der Waals surface area contributed by atoms with Crippen molar-refractivity contribution in [2.45, 2.75) is 39.2 Å². The van der Waals surface area contributed by atoms with Gasteiger partial charge in [-0.15, -0.1) is 0 Å². The number of benzene rings is 1. The average Bonchev–Trinajstić information content (AvgIpc) is 2.48. The molecule has 0 aliphatic carbocycles. The Hall–Kier alpha value is -2.02. The van der Waals surface area contributed by atoms with E-state index in [0.717, 1.165) is 18.6 Å². The molecule has 5 nitrogen and oxygen atoms in total. The number of nitrogens with one attached hydrogen (secondary N) is 2. The minimum atomic E-state index is -1.03. The summed E-state index contributed by atoms with van der Waals surface area (Å²) in [4.78, 5) is 23.5. The van der Waals surface area contributed by atoms with E-state index in [0.29, 0.717) is 18.4 Å². The second kappa shape index (κ2) is 8.73. The quantitative estimate of drug-likeness (QED) is 0.676. The van der Waals surface area contributed by atoms with Crippen molar-refractivity contribution in [2.75, 3.05) is 13.1 Å². The van der Waals surface area contributed by atoms with Gasteiger partial charge in [-0.25, -0.2) is 8.78 Å². The molecule has 0 radical (unpaired) electrons. The largest absolute Gasteiger partial charge is 0.388 e. The third kappa shape index (κ3) is 7.50. The zero-order chi connectivity index (χ0) is 18.3. The van der Waals surface area contributed by atoms with Crippen molar-refractivity contribution >= 4 is 11.8 Å². The van der Waals surface area contributed by atoms with Crippen LogP contribution in [0, 0.1) is 17.6 Å². The highest BCUT2D eigenvalue weighted by molar-refractivity contribution is 5.96. The summed E-state index contributed by atoms with van der Waals surface area (Å²) in [6.07, 6.45) is 1.37. The molecule has 1 atom stereocenters. The normalized spacial score (nSPS) is 13.5. The van der Waals surface area contributed by atoms with Crippen LogP contribution in [0.1, 0.15) is 44.0 Å². The molecule has 0 aliphatic heterocycles. The van der Waals surface area contributed by atoms with Gasteiger partial charge in [0.1, 0.15) is 11.6 Å². The lowest BCUT2D eigenvalue weighted by atomic mass is 9.95. The maximum Gasteiger partial charge on any atom is 0.251 e. The number of aliphatic hydroxyl groups is 1. The van der Waals surface area contributed by atoms with Crippen LogP contribution in [-0.4, -0.2) is 35.6 Å². The Bertz CT molecular complexity index is 569. The summed E-state index contributed by atoms with van der Waals surface area (Å²) in [5.74, 6) is -2.55. The topological polar surface area (TPSA) is 78.4 Å². The summed E-state index contributed by atoms with van der Waals surface area (Å²) < 4.78 is 26.1. The van der Waals surface area contributed by atoms with E-state index in [1.54, 1.807) is 6.92 Å². The summed E-state index contributed by atoms with van der Waals surface area (Å²) in [7, 11) is 0. The van der Waals surface area contributed by atoms with E-state index in [2.05, 4.69) is 10.6 Å². The lowest BCUT2D eigenvalue weighted by molar-refractivity contribution is -0.121. The first-order valence-corrected chi connectivity index (χ1v) is 7.82. The van der Waals surface area contributed by atoms with Gasteiger partial charge in [-0.3, -0.25) is 9.59 Å². The molecule has 0 bridgehead atoms. The maximum atomic E-state index is 13.0. The van der Waals surface area contributed by atoms with Gasteiger partial charge in [-0.05, 0) is 37.8 Å². The van der Waals surface area contributed by atoms with Gasteiger partial charge < -0.3 is 15.7 Å². The molecule has 0 fully saturated rings. The first-order chi connectivity index (χ1) is 11.1. The number of rotatable bonds is 8. The number of amides is 2. The Labute approximate surface area is 140 Å². The van der Waals surface area contributed by atoms with Gasteiger partial charge in [0.15, 0.2) is 0 Å². The van der Waals surface area contributed by atoms with Crippen LogP contribution in [0.25, 0.3) is 0 Å². The summed E-state index contributed by atoms with van der Waals surface area (Å²) in [6, 6.07) is 2.42. The third-order valence-corrected chi connectivity index (χ3v) is 3.46. The van der Waals surface area contributed by atoms with Crippen LogP contribution in [0.5, 0.6) is 0 Å². The molecule has 7 heteroatoms. The lowest BCUT2D eigenvalue weighted by Gasteiger charge is -2.24. The molecule has 0 aromatic heterocycles. The fourth-order valence-electron chi connectivity index (χ4n) is 1.99. The second-order valence-corrected chi connectivity index (χ2v) is 6.55. The van der Waals surface area contributed by atoms with Gasteiger partial charge >= 0.3 is 0 Å². The number of carbonyl (C=O) groups is 2. The van der Waals surface area contributed by atoms with Gasteiger partial charge in [-0.1, -0.05) is 13.8 Å². The Morgan fingerprint density at radius 2 is 1.75 bits per heavy atom. The summed E-state index contributed by atoms with van der Waals surface area (Å²) in [6.45, 7) is 5.42. The van der Waals surface area contributed by atoms with Crippen molar-refractivity contribution in [1.29, 1.82) is 0 Å². The molecule has 1 unspecified atom stereocenters. The zero-order valence-corrected chi connectivity index (χ0v) is 14.2. The monoisotopic (exact) mass is 342 g/mol. The Kier molecular flexibility index (Phi) is 7.28. The van der Waals surface area contributed by atoms with Crippen molar-refractivity contribution in [1.82, 2.24) is 10.6 Å². The summed E-state index contributed by atoms with van der Waals surface area (Å²) in [5, 5.41) is 14.9. The molecule has 2 amide bonds. The predicted molar refractivity (Wildman–Crippen MR) is 86.4 cm³/mol. The van der Waals surface area contributed by atoms with Crippen LogP contribution in [0.15, 0.2) is 18.2 Å². The average molecular weight is 342 g/mol. The molecule has 24 heavy (non-hydrogen) atoms. The van der Waals surface area contributed by atoms with E-state index in [-0.39, 0.29) is 18.7 Å². The number of hydrogen-bond acceptors (Lipinski definition) is 3. The highest BCUT2D eigenvalue weighted by Gasteiger charge is 2.21. The van der Waals surface area contributed by atoms with Crippen LogP contribution in [-0.2, 0) is 4.79 Å². The molecule has 0 aliphatic rings. The fraction of sp³-hybridized carbons (Fsp3) is 0.529. The molecule has 0 saturated heterocycles. The highest BCUT2D eigenvalue weighted by Crippen LogP contribution is 2.15. The van der Waals surface area contributed by atoms with Gasteiger partial charge in [0.05, 0.1) is 12.1 Å². The molecule has 0 spiro atoms. The van der Waals surface area contributed by atoms with Crippen LogP contribution in [0.3, 0.4) is 0 Å². The number of carbonyl (C=O) groups excluding carboxylic acids is 2. The van der Waals surface area contributed by atoms with Gasteiger partial charge in [-0.2, -0.15) is 0 Å². The minimum Gasteiger partial charge on any atom is -0.388 e. The van der Waals surface area contributed by atoms with Crippen molar-refractivity contribution in [3.8, 4) is 0 Å². The Morgan fingerprint density at radius 3 is 2.29 bits per heavy atom. The van der Waals surface area contributed by atoms with Crippen molar-refractivity contribution in [2.24, 2.45) is 5.92 Å². The van der Waals surface area contributed by atoms with E-state index in [4.69, 9.17) is 0 Å². The zero-order valence-electron chi connectivity index (χ0n) is 14.2. The van der Waals surface area contributed by atoms with E-state index in [1.807, 2.05) is 13.8 Å². The van der Waals surface area contributed by atoms with Gasteiger partial charge in [0, 0.05) is 18.2 Å². The highest BCUT2D eigenvalue weighted by atomic mass is 19.1. The summed E-state index contributed by atoms with van der Waals surface area (Å²) >= 11 is 0. The standard InChI is InChI=1S/C17H24F2N2O3/c1-11(2)4-5-17(3,24)10-21-15(22)9-20-16(23)12-6-13(18)8-14(19)7-12/h6-8,11,24H,4-5,9-10H2,1-3H3,(H,20,23)(H,21,22). The Balaban J connectivity index is 2.41. The minimum absolute atomic E-state index is 0.0585. The van der Waals surface area contributed by atoms with E-state index >= 15 is 0 Å². The predicted octanol–water partition coefficient (Wildman–Crippen LogP) is 2.00. The van der Waals surface area contributed by atoms with Crippen LogP contribution in [0.4, 0.5) is 8.78 Å². The first kappa shape index (κ1) is 20.0. The van der Waals surface area contributed by atoms with E-state index in [9.17, 15) is 23.5 Å². The van der Waals surface area contributed by atoms with Crippen molar-refractivity contribution in [3.63, 3.8) is 0 Å². The Morgan fingerprint density at radius 1 is 1.17 bits per heavy atom. The van der Waals surface area contributed by atoms with Gasteiger partial charge in [0.2, 0.25) is 5.91 Å². The lowest BCUT2D eigenvalue weighted by Crippen LogP contribution is -2.44. The van der Waals surface area contributed by atoms with Crippen LogP contribution < -0.4 is 10.6 Å².